The van der Waals surface area contributed by atoms with Crippen molar-refractivity contribution < 1.29 is 4.79 Å². The van der Waals surface area contributed by atoms with Gasteiger partial charge in [-0.15, -0.1) is 0 Å². The van der Waals surface area contributed by atoms with Gasteiger partial charge in [-0.3, -0.25) is 14.2 Å². The number of likely N-dealkylation sites (tertiary alicyclic amines) is 1. The van der Waals surface area contributed by atoms with E-state index >= 15 is 0 Å². The van der Waals surface area contributed by atoms with Gasteiger partial charge in [-0.25, -0.2) is 4.98 Å². The maximum Gasteiger partial charge on any atom is 0.256 e. The van der Waals surface area contributed by atoms with Gasteiger partial charge in [-0.1, -0.05) is 0 Å². The Morgan fingerprint density at radius 3 is 2.74 bits per heavy atom. The molecular weight excluding hydrogens is 292 g/mol. The summed E-state index contributed by atoms with van der Waals surface area (Å²) in [6.45, 7) is 5.63. The minimum Gasteiger partial charge on any atom is -0.352 e. The second-order valence-electron chi connectivity index (χ2n) is 6.93. The van der Waals surface area contributed by atoms with Crippen molar-refractivity contribution in [3.8, 4) is 0 Å². The lowest BCUT2D eigenvalue weighted by atomic mass is 9.95. The van der Waals surface area contributed by atoms with Crippen LogP contribution in [0.3, 0.4) is 0 Å². The first-order valence-electron chi connectivity index (χ1n) is 8.64. The third-order valence-electron chi connectivity index (χ3n) is 5.03. The van der Waals surface area contributed by atoms with Crippen molar-refractivity contribution >= 4 is 5.91 Å². The number of aromatic nitrogens is 2. The minimum absolute atomic E-state index is 0.0762. The fourth-order valence-electron chi connectivity index (χ4n) is 3.65. The predicted octanol–water partition coefficient (Wildman–Crippen LogP) is 0.932. The van der Waals surface area contributed by atoms with Crippen molar-refractivity contribution in [1.29, 1.82) is 0 Å². The molecule has 0 saturated carbocycles. The average molecular weight is 318 g/mol. The molecule has 23 heavy (non-hydrogen) atoms. The smallest absolute Gasteiger partial charge is 0.256 e. The molecule has 1 N–H and O–H groups in total. The molecule has 2 saturated heterocycles. The van der Waals surface area contributed by atoms with E-state index in [-0.39, 0.29) is 11.5 Å². The van der Waals surface area contributed by atoms with E-state index in [9.17, 15) is 9.59 Å². The number of aryl methyl sites for hydroxylation is 1. The van der Waals surface area contributed by atoms with Crippen LogP contribution < -0.4 is 10.9 Å². The lowest BCUT2D eigenvalue weighted by Gasteiger charge is -2.35. The number of rotatable bonds is 4. The van der Waals surface area contributed by atoms with Crippen molar-refractivity contribution in [2.45, 2.75) is 51.6 Å². The molecule has 6 nitrogen and oxygen atoms in total. The molecule has 0 radical (unpaired) electrons. The first-order valence-corrected chi connectivity index (χ1v) is 8.64. The van der Waals surface area contributed by atoms with Crippen molar-refractivity contribution in [1.82, 2.24) is 19.8 Å². The number of carbonyl (C=O) groups excluding carboxylic acids is 1. The van der Waals surface area contributed by atoms with Crippen LogP contribution in [0.4, 0.5) is 0 Å². The molecule has 1 atom stereocenters. The van der Waals surface area contributed by atoms with Crippen LogP contribution in [0.15, 0.2) is 17.3 Å². The third-order valence-corrected chi connectivity index (χ3v) is 5.03. The van der Waals surface area contributed by atoms with Crippen LogP contribution in [-0.4, -0.2) is 46.0 Å². The molecule has 1 amide bonds. The van der Waals surface area contributed by atoms with Crippen molar-refractivity contribution in [3.63, 3.8) is 0 Å². The van der Waals surface area contributed by atoms with Gasteiger partial charge in [0.15, 0.2) is 0 Å². The van der Waals surface area contributed by atoms with E-state index < -0.39 is 0 Å². The normalized spacial score (nSPS) is 23.7. The second-order valence-corrected chi connectivity index (χ2v) is 6.93. The molecule has 3 rings (SSSR count). The highest BCUT2D eigenvalue weighted by molar-refractivity contribution is 5.76. The van der Waals surface area contributed by atoms with Gasteiger partial charge in [0.1, 0.15) is 0 Å². The summed E-state index contributed by atoms with van der Waals surface area (Å²) in [4.78, 5) is 30.1. The van der Waals surface area contributed by atoms with Crippen LogP contribution in [-0.2, 0) is 11.3 Å². The van der Waals surface area contributed by atoms with Gasteiger partial charge in [0.2, 0.25) is 5.91 Å². The van der Waals surface area contributed by atoms with Gasteiger partial charge < -0.3 is 10.2 Å². The monoisotopic (exact) mass is 318 g/mol. The maximum atomic E-state index is 12.1. The summed E-state index contributed by atoms with van der Waals surface area (Å²) in [5, 5.41) is 3.09. The minimum atomic E-state index is 0.0762. The molecule has 3 heterocycles. The van der Waals surface area contributed by atoms with E-state index in [2.05, 4.69) is 15.2 Å². The van der Waals surface area contributed by atoms with Crippen LogP contribution in [0.25, 0.3) is 0 Å². The molecular formula is C17H26N4O2. The number of piperidine rings is 2. The van der Waals surface area contributed by atoms with Crippen LogP contribution in [0.5, 0.6) is 0 Å². The molecule has 0 aliphatic carbocycles. The molecule has 0 aromatic carbocycles. The lowest BCUT2D eigenvalue weighted by Crippen LogP contribution is -2.48. The largest absolute Gasteiger partial charge is 0.352 e. The molecule has 1 aromatic rings. The standard InChI is InChI=1S/C17H26N4O2/c1-13-9-18-12-21(17(13)23)10-14-5-7-20(8-6-14)11-15-3-2-4-16(22)19-15/h9,12,14-15H,2-8,10-11H2,1H3,(H,19,22). The average Bonchev–Trinajstić information content (AvgIpc) is 2.54. The van der Waals surface area contributed by atoms with Crippen LogP contribution in [0.1, 0.15) is 37.7 Å². The first kappa shape index (κ1) is 16.2. The molecule has 0 bridgehead atoms. The van der Waals surface area contributed by atoms with E-state index in [4.69, 9.17) is 0 Å². The zero-order valence-electron chi connectivity index (χ0n) is 13.8. The molecule has 0 spiro atoms. The lowest BCUT2D eigenvalue weighted by molar-refractivity contribution is -0.123. The first-order chi connectivity index (χ1) is 11.1. The summed E-state index contributed by atoms with van der Waals surface area (Å²) < 4.78 is 1.75. The van der Waals surface area contributed by atoms with Crippen molar-refractivity contribution in [2.24, 2.45) is 5.92 Å². The molecule has 2 aliphatic heterocycles. The number of carbonyl (C=O) groups is 1. The number of amides is 1. The Labute approximate surface area is 136 Å². The van der Waals surface area contributed by atoms with Crippen molar-refractivity contribution in [3.05, 3.63) is 28.4 Å². The van der Waals surface area contributed by atoms with E-state index in [0.717, 1.165) is 51.9 Å². The topological polar surface area (TPSA) is 67.2 Å². The van der Waals surface area contributed by atoms with Gasteiger partial charge in [0.05, 0.1) is 6.33 Å². The molecule has 2 aliphatic rings. The molecule has 6 heteroatoms. The van der Waals surface area contributed by atoms with Crippen LogP contribution in [0.2, 0.25) is 0 Å². The SMILES string of the molecule is Cc1cncn(CC2CCN(CC3CCCC(=O)N3)CC2)c1=O. The highest BCUT2D eigenvalue weighted by Gasteiger charge is 2.24. The quantitative estimate of drug-likeness (QED) is 0.897. The third kappa shape index (κ3) is 4.19. The summed E-state index contributed by atoms with van der Waals surface area (Å²) in [6.07, 6.45) is 8.26. The van der Waals surface area contributed by atoms with E-state index in [0.29, 0.717) is 23.9 Å². The van der Waals surface area contributed by atoms with E-state index in [1.807, 2.05) is 6.92 Å². The van der Waals surface area contributed by atoms with Crippen LogP contribution in [0, 0.1) is 12.8 Å². The number of hydrogen-bond acceptors (Lipinski definition) is 4. The van der Waals surface area contributed by atoms with Crippen molar-refractivity contribution in [2.75, 3.05) is 19.6 Å². The molecule has 2 fully saturated rings. The van der Waals surface area contributed by atoms with E-state index in [1.165, 1.54) is 0 Å². The fraction of sp³-hybridized carbons (Fsp3) is 0.706. The maximum absolute atomic E-state index is 12.1. The highest BCUT2D eigenvalue weighted by atomic mass is 16.1. The Morgan fingerprint density at radius 2 is 2.00 bits per heavy atom. The zero-order chi connectivity index (χ0) is 16.2. The highest BCUT2D eigenvalue weighted by Crippen LogP contribution is 2.20. The molecule has 1 unspecified atom stereocenters. The Balaban J connectivity index is 1.47. The van der Waals surface area contributed by atoms with Gasteiger partial charge in [0, 0.05) is 37.3 Å². The van der Waals surface area contributed by atoms with Crippen LogP contribution >= 0.6 is 0 Å². The summed E-state index contributed by atoms with van der Waals surface area (Å²) in [7, 11) is 0. The van der Waals surface area contributed by atoms with Gasteiger partial charge >= 0.3 is 0 Å². The Hall–Kier alpha value is -1.69. The fourth-order valence-corrected chi connectivity index (χ4v) is 3.65. The predicted molar refractivity (Wildman–Crippen MR) is 88.2 cm³/mol. The summed E-state index contributed by atoms with van der Waals surface area (Å²) in [5.41, 5.74) is 0.783. The number of nitrogens with one attached hydrogen (secondary N) is 1. The van der Waals surface area contributed by atoms with Gasteiger partial charge in [-0.05, 0) is 51.6 Å². The number of hydrogen-bond donors (Lipinski definition) is 1. The Bertz CT molecular complexity index is 605. The Kier molecular flexibility index (Phi) is 5.10. The van der Waals surface area contributed by atoms with Gasteiger partial charge in [0.25, 0.3) is 5.56 Å². The Morgan fingerprint density at radius 1 is 1.22 bits per heavy atom. The summed E-state index contributed by atoms with van der Waals surface area (Å²) >= 11 is 0. The molecule has 1 aromatic heterocycles. The summed E-state index contributed by atoms with van der Waals surface area (Å²) in [5.74, 6) is 0.732. The second kappa shape index (κ2) is 7.25. The zero-order valence-corrected chi connectivity index (χ0v) is 13.8. The number of nitrogens with zero attached hydrogens (tertiary/aromatic N) is 3. The molecule has 126 valence electrons. The van der Waals surface area contributed by atoms with E-state index in [1.54, 1.807) is 17.1 Å². The summed E-state index contributed by atoms with van der Waals surface area (Å²) in [6, 6.07) is 0.316. The van der Waals surface area contributed by atoms with Gasteiger partial charge in [-0.2, -0.15) is 0 Å².